The van der Waals surface area contributed by atoms with Crippen LogP contribution in [0.1, 0.15) is 30.7 Å². The van der Waals surface area contributed by atoms with Crippen LogP contribution in [0.2, 0.25) is 0 Å². The van der Waals surface area contributed by atoms with Crippen LogP contribution in [-0.4, -0.2) is 86.1 Å². The number of rotatable bonds is 10. The topological polar surface area (TPSA) is 92.0 Å². The number of morpholine rings is 1. The van der Waals surface area contributed by atoms with Gasteiger partial charge >= 0.3 is 6.43 Å². The highest BCUT2D eigenvalue weighted by Gasteiger charge is 2.28. The van der Waals surface area contributed by atoms with E-state index in [0.29, 0.717) is 23.8 Å². The van der Waals surface area contributed by atoms with Crippen molar-refractivity contribution in [3.63, 3.8) is 0 Å². The van der Waals surface area contributed by atoms with Gasteiger partial charge in [-0.3, -0.25) is 9.21 Å². The largest absolute Gasteiger partial charge is 0.415 e. The molecule has 0 amide bonds. The molecule has 1 aromatic heterocycles. The molecule has 0 N–H and O–H groups in total. The molecular weight excluding hydrogens is 528 g/mol. The van der Waals surface area contributed by atoms with Crippen molar-refractivity contribution < 1.29 is 26.4 Å². The maximum absolute atomic E-state index is 13.6. The normalized spacial score (nSPS) is 18.0. The minimum absolute atomic E-state index is 0.0122. The number of likely N-dealkylation sites (tertiary alicyclic amines) is 1. The maximum atomic E-state index is 13.6. The van der Waals surface area contributed by atoms with Crippen molar-refractivity contribution in [2.45, 2.75) is 31.9 Å². The number of para-hydroxylation sites is 1. The number of alkyl halides is 2. The third-order valence-corrected chi connectivity index (χ3v) is 9.03. The van der Waals surface area contributed by atoms with E-state index < -0.39 is 22.3 Å². The molecule has 210 valence electrons. The summed E-state index contributed by atoms with van der Waals surface area (Å²) in [4.78, 5) is 4.74. The van der Waals surface area contributed by atoms with Crippen LogP contribution in [0.3, 0.4) is 0 Å². The van der Waals surface area contributed by atoms with Gasteiger partial charge in [0, 0.05) is 31.2 Å². The van der Waals surface area contributed by atoms with Crippen molar-refractivity contribution in [2.24, 2.45) is 0 Å². The number of ether oxygens (including phenoxy) is 1. The lowest BCUT2D eigenvalue weighted by Crippen LogP contribution is -2.49. The minimum atomic E-state index is -3.63. The molecule has 12 heteroatoms. The van der Waals surface area contributed by atoms with Crippen LogP contribution in [0.15, 0.2) is 59.0 Å². The number of piperidine rings is 1. The maximum Gasteiger partial charge on any atom is 0.314 e. The van der Waals surface area contributed by atoms with Crippen molar-refractivity contribution in [3.8, 4) is 11.5 Å². The van der Waals surface area contributed by atoms with E-state index in [2.05, 4.69) is 20.0 Å². The molecule has 0 bridgehead atoms. The van der Waals surface area contributed by atoms with Gasteiger partial charge in [-0.25, -0.2) is 8.42 Å². The summed E-state index contributed by atoms with van der Waals surface area (Å²) < 4.78 is 64.7. The monoisotopic (exact) mass is 561 g/mol. The van der Waals surface area contributed by atoms with Gasteiger partial charge in [-0.15, -0.1) is 10.2 Å². The quantitative estimate of drug-likeness (QED) is 0.369. The molecule has 39 heavy (non-hydrogen) atoms. The Balaban J connectivity index is 1.23. The lowest BCUT2D eigenvalue weighted by molar-refractivity contribution is 0.00140. The van der Waals surface area contributed by atoms with E-state index in [4.69, 9.17) is 9.15 Å². The highest BCUT2D eigenvalue weighted by atomic mass is 32.2. The van der Waals surface area contributed by atoms with Crippen molar-refractivity contribution >= 4 is 15.7 Å². The minimum Gasteiger partial charge on any atom is -0.415 e. The van der Waals surface area contributed by atoms with E-state index in [1.807, 2.05) is 18.2 Å². The molecule has 5 rings (SSSR count). The first-order valence-corrected chi connectivity index (χ1v) is 14.8. The zero-order valence-corrected chi connectivity index (χ0v) is 22.5. The number of nitrogens with zero attached hydrogens (tertiary/aromatic N) is 5. The number of anilines is 1. The average molecular weight is 562 g/mol. The summed E-state index contributed by atoms with van der Waals surface area (Å²) in [5.41, 5.74) is 1.81. The van der Waals surface area contributed by atoms with E-state index >= 15 is 0 Å². The second-order valence-corrected chi connectivity index (χ2v) is 11.8. The zero-order valence-electron chi connectivity index (χ0n) is 21.7. The summed E-state index contributed by atoms with van der Waals surface area (Å²) in [6.07, 6.45) is -0.771. The van der Waals surface area contributed by atoms with Crippen molar-refractivity contribution in [1.82, 2.24) is 20.0 Å². The SMILES string of the molecule is O=S(=O)(CCN1CCC(N2CCOCC2)CC1)N(Cc1ccc(-c2nnc(C(F)F)o2)cc1)c1ccccc1. The molecule has 2 aliphatic rings. The smallest absolute Gasteiger partial charge is 0.314 e. The first kappa shape index (κ1) is 27.6. The molecule has 0 unspecified atom stereocenters. The molecule has 0 saturated carbocycles. The van der Waals surface area contributed by atoms with Gasteiger partial charge in [0.2, 0.25) is 15.9 Å². The standard InChI is InChI=1S/C27H33F2N5O4S/c28-25(29)27-31-30-26(38-27)22-8-6-21(7-9-22)20-34(24-4-2-1-3-5-24)39(35,36)19-16-32-12-10-23(11-13-32)33-14-17-37-18-15-33/h1-9,23,25H,10-20H2. The molecule has 2 aromatic carbocycles. The zero-order chi connectivity index (χ0) is 27.2. The van der Waals surface area contributed by atoms with Crippen LogP contribution in [0, 0.1) is 0 Å². The number of hydrogen-bond donors (Lipinski definition) is 0. The highest BCUT2D eigenvalue weighted by molar-refractivity contribution is 7.92. The Labute approximate surface area is 227 Å². The van der Waals surface area contributed by atoms with Crippen molar-refractivity contribution in [1.29, 1.82) is 0 Å². The van der Waals surface area contributed by atoms with Crippen LogP contribution in [0.5, 0.6) is 0 Å². The van der Waals surface area contributed by atoms with Crippen molar-refractivity contribution in [3.05, 3.63) is 66.1 Å². The third kappa shape index (κ3) is 6.99. The Bertz CT molecular complexity index is 1290. The second-order valence-electron chi connectivity index (χ2n) is 9.82. The van der Waals surface area contributed by atoms with Crippen LogP contribution in [0.25, 0.3) is 11.5 Å². The van der Waals surface area contributed by atoms with Gasteiger partial charge in [-0.05, 0) is 55.8 Å². The first-order valence-electron chi connectivity index (χ1n) is 13.2. The predicted octanol–water partition coefficient (Wildman–Crippen LogP) is 3.81. The summed E-state index contributed by atoms with van der Waals surface area (Å²) in [6, 6.07) is 16.4. The van der Waals surface area contributed by atoms with Gasteiger partial charge in [0.05, 0.1) is 31.2 Å². The van der Waals surface area contributed by atoms with Gasteiger partial charge in [0.25, 0.3) is 5.89 Å². The molecule has 0 radical (unpaired) electrons. The van der Waals surface area contributed by atoms with Crippen LogP contribution in [-0.2, 0) is 21.3 Å². The summed E-state index contributed by atoms with van der Waals surface area (Å²) >= 11 is 0. The fraction of sp³-hybridized carbons (Fsp3) is 0.481. The van der Waals surface area contributed by atoms with E-state index in [0.717, 1.165) is 57.8 Å². The Morgan fingerprint density at radius 3 is 2.28 bits per heavy atom. The number of benzene rings is 2. The van der Waals surface area contributed by atoms with Gasteiger partial charge in [-0.1, -0.05) is 30.3 Å². The first-order chi connectivity index (χ1) is 18.9. The van der Waals surface area contributed by atoms with Crippen LogP contribution >= 0.6 is 0 Å². The third-order valence-electron chi connectivity index (χ3n) is 7.32. The molecule has 0 spiro atoms. The van der Waals surface area contributed by atoms with Crippen molar-refractivity contribution in [2.75, 3.05) is 56.0 Å². The lowest BCUT2D eigenvalue weighted by Gasteiger charge is -2.40. The fourth-order valence-corrected chi connectivity index (χ4v) is 6.61. The van der Waals surface area contributed by atoms with Crippen LogP contribution < -0.4 is 4.31 Å². The van der Waals surface area contributed by atoms with E-state index in [-0.39, 0.29) is 18.2 Å². The predicted molar refractivity (Wildman–Crippen MR) is 143 cm³/mol. The van der Waals surface area contributed by atoms with Crippen LogP contribution in [0.4, 0.5) is 14.5 Å². The molecule has 0 atom stereocenters. The molecule has 2 aliphatic heterocycles. The second kappa shape index (κ2) is 12.5. The van der Waals surface area contributed by atoms with Gasteiger partial charge in [0.15, 0.2) is 0 Å². The Morgan fingerprint density at radius 2 is 1.64 bits per heavy atom. The summed E-state index contributed by atoms with van der Waals surface area (Å²) in [6.45, 7) is 5.89. The summed E-state index contributed by atoms with van der Waals surface area (Å²) in [5.74, 6) is -0.733. The van der Waals surface area contributed by atoms with E-state index in [1.165, 1.54) is 4.31 Å². The Morgan fingerprint density at radius 1 is 0.949 bits per heavy atom. The fourth-order valence-electron chi connectivity index (χ4n) is 5.11. The molecule has 0 aliphatic carbocycles. The summed E-state index contributed by atoms with van der Waals surface area (Å²) in [7, 11) is -3.63. The number of aromatic nitrogens is 2. The summed E-state index contributed by atoms with van der Waals surface area (Å²) in [5, 5.41) is 7.03. The molecule has 2 fully saturated rings. The number of halogens is 2. The molecular formula is C27H33F2N5O4S. The van der Waals surface area contributed by atoms with Gasteiger partial charge in [-0.2, -0.15) is 8.78 Å². The molecule has 2 saturated heterocycles. The molecule has 3 heterocycles. The van der Waals surface area contributed by atoms with Gasteiger partial charge < -0.3 is 14.1 Å². The average Bonchev–Trinajstić information content (AvgIpc) is 3.47. The number of sulfonamides is 1. The molecule has 9 nitrogen and oxygen atoms in total. The Kier molecular flexibility index (Phi) is 8.85. The highest BCUT2D eigenvalue weighted by Crippen LogP contribution is 2.26. The molecule has 3 aromatic rings. The Hall–Kier alpha value is -2.93. The van der Waals surface area contributed by atoms with E-state index in [9.17, 15) is 17.2 Å². The lowest BCUT2D eigenvalue weighted by atomic mass is 10.0. The van der Waals surface area contributed by atoms with E-state index in [1.54, 1.807) is 36.4 Å². The van der Waals surface area contributed by atoms with Gasteiger partial charge in [0.1, 0.15) is 0 Å². The number of hydrogen-bond acceptors (Lipinski definition) is 8.